The molecule has 4 heterocycles. The maximum Gasteiger partial charge on any atom is 0.142 e. The van der Waals surface area contributed by atoms with Crippen molar-refractivity contribution < 1.29 is 9.53 Å². The van der Waals surface area contributed by atoms with Gasteiger partial charge in [0.25, 0.3) is 0 Å². The van der Waals surface area contributed by atoms with Gasteiger partial charge in [-0.2, -0.15) is 0 Å². The highest BCUT2D eigenvalue weighted by atomic mass is 32.1. The largest absolute Gasteiger partial charge is 0.504 e. The van der Waals surface area contributed by atoms with Crippen LogP contribution in [-0.2, 0) is 22.4 Å². The van der Waals surface area contributed by atoms with Gasteiger partial charge < -0.3 is 4.74 Å². The molecule has 0 saturated carbocycles. The molecule has 0 N–H and O–H groups in total. The highest BCUT2D eigenvalue weighted by Gasteiger charge is 2.23. The molecule has 4 aromatic heterocycles. The van der Waals surface area contributed by atoms with Crippen LogP contribution in [-0.4, -0.2) is 13.4 Å². The highest BCUT2D eigenvalue weighted by molar-refractivity contribution is 7.44. The normalized spacial score (nSPS) is 12.3. The van der Waals surface area contributed by atoms with Gasteiger partial charge >= 0.3 is 0 Å². The summed E-state index contributed by atoms with van der Waals surface area (Å²) in [6.45, 7) is 4.60. The van der Waals surface area contributed by atoms with Gasteiger partial charge in [0, 0.05) is 9.75 Å². The van der Waals surface area contributed by atoms with Crippen molar-refractivity contribution in [2.45, 2.75) is 219 Å². The number of rotatable bonds is 36. The predicted octanol–water partition coefficient (Wildman–Crippen LogP) is 19.0. The van der Waals surface area contributed by atoms with Crippen molar-refractivity contribution in [2.24, 2.45) is 0 Å². The summed E-state index contributed by atoms with van der Waals surface area (Å²) in [5.41, 5.74) is 3.01. The number of unbranched alkanes of at least 4 members (excludes halogenated alkanes) is 28. The van der Waals surface area contributed by atoms with Crippen molar-refractivity contribution in [3.05, 3.63) is 33.2 Å². The van der Waals surface area contributed by atoms with Gasteiger partial charge in [-0.05, 0) is 55.0 Å². The maximum absolute atomic E-state index is 11.3. The lowest BCUT2D eigenvalue weighted by molar-refractivity contribution is -0.104. The van der Waals surface area contributed by atoms with Crippen LogP contribution >= 0.6 is 45.3 Å². The minimum atomic E-state index is 0.932. The average Bonchev–Trinajstić information content (AvgIpc) is 3.93. The van der Waals surface area contributed by atoms with E-state index >= 15 is 0 Å². The van der Waals surface area contributed by atoms with E-state index in [1.807, 2.05) is 51.6 Å². The fourth-order valence-corrected chi connectivity index (χ4v) is 14.5. The Labute approximate surface area is 359 Å². The molecule has 56 heavy (non-hydrogen) atoms. The standard InChI is InChI=1S/C50H78O2S4/c1-4-6-8-10-12-14-16-18-20-22-24-26-28-30-32-35-41-43(37-34-39-51)53-47-45(41)55-50-48-46(56-49(47)50)42(44(54-48)38-40-52-3)36-33-31-29-27-25-23-21-19-17-15-13-11-9-7-5-2/h34,37-40H,4-33,35-36H2,1-3H3/b37-34+,40-38+. The van der Waals surface area contributed by atoms with Gasteiger partial charge in [0.05, 0.1) is 41.6 Å². The second kappa shape index (κ2) is 29.7. The van der Waals surface area contributed by atoms with E-state index in [1.54, 1.807) is 13.2 Å². The fourth-order valence-electron chi connectivity index (χ4n) is 8.39. The monoisotopic (exact) mass is 838 g/mol. The SMILES string of the molecule is CCCCCCCCCCCCCCCCCc1c(/C=C/C=O)sc2c1sc1c3sc(/C=C/OC)c(CCCCCCCCCCCCCCCCC)c3sc21. The molecular weight excluding hydrogens is 761 g/mol. The summed E-state index contributed by atoms with van der Waals surface area (Å²) in [5, 5.41) is 0. The molecule has 6 heteroatoms. The highest BCUT2D eigenvalue weighted by Crippen LogP contribution is 2.53. The molecule has 0 bridgehead atoms. The predicted molar refractivity (Wildman–Crippen MR) is 259 cm³/mol. The number of carbonyl (C=O) groups excluding carboxylic acids is 1. The zero-order valence-corrected chi connectivity index (χ0v) is 39.2. The van der Waals surface area contributed by atoms with Crippen molar-refractivity contribution in [2.75, 3.05) is 7.11 Å². The number of aldehydes is 1. The van der Waals surface area contributed by atoms with E-state index in [2.05, 4.69) is 26.0 Å². The van der Waals surface area contributed by atoms with Crippen LogP contribution in [0.15, 0.2) is 12.3 Å². The zero-order chi connectivity index (χ0) is 39.5. The number of allylic oxidation sites excluding steroid dienone is 1. The van der Waals surface area contributed by atoms with Gasteiger partial charge in [-0.3, -0.25) is 4.79 Å². The lowest BCUT2D eigenvalue weighted by atomic mass is 10.0. The van der Waals surface area contributed by atoms with E-state index in [9.17, 15) is 4.79 Å². The van der Waals surface area contributed by atoms with Gasteiger partial charge in [-0.1, -0.05) is 194 Å². The van der Waals surface area contributed by atoms with Crippen LogP contribution in [0.25, 0.3) is 40.4 Å². The first-order valence-corrected chi connectivity index (χ1v) is 26.7. The van der Waals surface area contributed by atoms with Crippen LogP contribution in [0.3, 0.4) is 0 Å². The van der Waals surface area contributed by atoms with Gasteiger partial charge in [0.1, 0.15) is 6.29 Å². The Morgan fingerprint density at radius 2 is 0.696 bits per heavy atom. The smallest absolute Gasteiger partial charge is 0.142 e. The first-order valence-electron chi connectivity index (χ1n) is 23.5. The van der Waals surface area contributed by atoms with Gasteiger partial charge in [-0.25, -0.2) is 0 Å². The van der Waals surface area contributed by atoms with E-state index in [-0.39, 0.29) is 0 Å². The third-order valence-electron chi connectivity index (χ3n) is 11.7. The molecule has 0 fully saturated rings. The van der Waals surface area contributed by atoms with Crippen LogP contribution in [0.2, 0.25) is 0 Å². The Kier molecular flexibility index (Phi) is 25.0. The summed E-state index contributed by atoms with van der Waals surface area (Å²) in [7, 11) is 1.75. The Balaban J connectivity index is 1.24. The molecule has 0 aliphatic rings. The summed E-state index contributed by atoms with van der Waals surface area (Å²) in [4.78, 5) is 14.0. The van der Waals surface area contributed by atoms with Crippen molar-refractivity contribution >= 4 is 92.0 Å². The molecule has 2 nitrogen and oxygen atoms in total. The summed E-state index contributed by atoms with van der Waals surface area (Å²) in [5.74, 6) is 0. The number of aryl methyl sites for hydroxylation is 2. The molecule has 0 radical (unpaired) electrons. The molecule has 0 amide bonds. The molecule has 0 aliphatic carbocycles. The molecule has 314 valence electrons. The van der Waals surface area contributed by atoms with E-state index in [0.717, 1.165) is 19.1 Å². The molecular formula is C50H78O2S4. The number of ether oxygens (including phenoxy) is 1. The lowest BCUT2D eigenvalue weighted by Crippen LogP contribution is -1.87. The van der Waals surface area contributed by atoms with Crippen LogP contribution < -0.4 is 0 Å². The third-order valence-corrected chi connectivity index (χ3v) is 17.4. The van der Waals surface area contributed by atoms with Crippen molar-refractivity contribution in [1.29, 1.82) is 0 Å². The second-order valence-corrected chi connectivity index (χ2v) is 20.6. The molecule has 4 aromatic rings. The maximum atomic E-state index is 11.3. The van der Waals surface area contributed by atoms with Crippen molar-refractivity contribution in [1.82, 2.24) is 0 Å². The first-order chi connectivity index (χ1) is 27.7. The Bertz CT molecular complexity index is 1660. The van der Waals surface area contributed by atoms with Crippen LogP contribution in [0.1, 0.15) is 227 Å². The minimum absolute atomic E-state index is 0.932. The topological polar surface area (TPSA) is 26.3 Å². The zero-order valence-electron chi connectivity index (χ0n) is 36.0. The number of thiophene rings is 4. The molecule has 0 unspecified atom stereocenters. The van der Waals surface area contributed by atoms with Crippen LogP contribution in [0.5, 0.6) is 0 Å². The summed E-state index contributed by atoms with van der Waals surface area (Å²) >= 11 is 7.92. The summed E-state index contributed by atoms with van der Waals surface area (Å²) in [6, 6.07) is 0. The molecule has 0 aromatic carbocycles. The Morgan fingerprint density at radius 3 is 1.02 bits per heavy atom. The molecule has 0 spiro atoms. The number of hydrogen-bond acceptors (Lipinski definition) is 6. The van der Waals surface area contributed by atoms with Gasteiger partial charge in [0.2, 0.25) is 0 Å². The van der Waals surface area contributed by atoms with E-state index in [1.165, 1.54) is 242 Å². The average molecular weight is 839 g/mol. The fraction of sp³-hybridized carbons (Fsp3) is 0.700. The number of methoxy groups -OCH3 is 1. The number of hydrogen-bond donors (Lipinski definition) is 0. The van der Waals surface area contributed by atoms with Crippen molar-refractivity contribution in [3.63, 3.8) is 0 Å². The quantitative estimate of drug-likeness (QED) is 0.0197. The second-order valence-electron chi connectivity index (χ2n) is 16.5. The first kappa shape index (κ1) is 47.2. The number of fused-ring (bicyclic) bond motifs is 5. The van der Waals surface area contributed by atoms with E-state index in [0.29, 0.717) is 0 Å². The van der Waals surface area contributed by atoms with Crippen LogP contribution in [0, 0.1) is 0 Å². The van der Waals surface area contributed by atoms with E-state index in [4.69, 9.17) is 4.74 Å². The minimum Gasteiger partial charge on any atom is -0.504 e. The Hall–Kier alpha value is -1.47. The third kappa shape index (κ3) is 16.3. The summed E-state index contributed by atoms with van der Waals surface area (Å²) in [6.07, 6.45) is 52.9. The molecule has 0 aliphatic heterocycles. The molecule has 0 atom stereocenters. The van der Waals surface area contributed by atoms with Gasteiger partial charge in [0.15, 0.2) is 0 Å². The van der Waals surface area contributed by atoms with Gasteiger partial charge in [-0.15, -0.1) is 45.3 Å². The van der Waals surface area contributed by atoms with E-state index < -0.39 is 0 Å². The molecule has 4 rings (SSSR count). The van der Waals surface area contributed by atoms with Crippen molar-refractivity contribution in [3.8, 4) is 0 Å². The van der Waals surface area contributed by atoms with Crippen LogP contribution in [0.4, 0.5) is 0 Å². The number of carbonyl (C=O) groups is 1. The molecule has 0 saturated heterocycles. The lowest BCUT2D eigenvalue weighted by Gasteiger charge is -2.04. The summed E-state index contributed by atoms with van der Waals surface area (Å²) < 4.78 is 14.3. The Morgan fingerprint density at radius 1 is 0.393 bits per heavy atom.